The molecule has 0 atom stereocenters. The van der Waals surface area contributed by atoms with E-state index in [0.29, 0.717) is 5.92 Å². The zero-order valence-electron chi connectivity index (χ0n) is 15.8. The number of fused-ring (bicyclic) bond motifs is 1. The van der Waals surface area contributed by atoms with Crippen molar-refractivity contribution < 1.29 is 4.74 Å². The van der Waals surface area contributed by atoms with Gasteiger partial charge in [-0.2, -0.15) is 0 Å². The Kier molecular flexibility index (Phi) is 6.24. The number of nitrogens with zero attached hydrogens (tertiary/aromatic N) is 2. The van der Waals surface area contributed by atoms with Crippen LogP contribution in [0.4, 0.5) is 5.82 Å². The maximum absolute atomic E-state index is 6.05. The van der Waals surface area contributed by atoms with E-state index in [4.69, 9.17) is 16.3 Å². The highest BCUT2D eigenvalue weighted by Crippen LogP contribution is 2.25. The summed E-state index contributed by atoms with van der Waals surface area (Å²) in [6.07, 6.45) is 4.83. The van der Waals surface area contributed by atoms with Crippen LogP contribution in [0.15, 0.2) is 48.8 Å². The maximum Gasteiger partial charge on any atom is 0.137 e. The van der Waals surface area contributed by atoms with Crippen molar-refractivity contribution >= 4 is 28.3 Å². The molecular weight excluding hydrogens is 372 g/mol. The molecule has 2 N–H and O–H groups in total. The lowest BCUT2D eigenvalue weighted by Gasteiger charge is -2.22. The Morgan fingerprint density at radius 1 is 1.11 bits per heavy atom. The third kappa shape index (κ3) is 4.91. The smallest absolute Gasteiger partial charge is 0.137 e. The van der Waals surface area contributed by atoms with Crippen LogP contribution >= 0.6 is 11.6 Å². The molecule has 0 aliphatic carbocycles. The average Bonchev–Trinajstić information content (AvgIpc) is 2.73. The van der Waals surface area contributed by atoms with Crippen LogP contribution in [-0.4, -0.2) is 36.2 Å². The highest BCUT2D eigenvalue weighted by molar-refractivity contribution is 6.30. The van der Waals surface area contributed by atoms with E-state index in [1.807, 2.05) is 36.4 Å². The van der Waals surface area contributed by atoms with Crippen LogP contribution in [0.1, 0.15) is 18.4 Å². The summed E-state index contributed by atoms with van der Waals surface area (Å²) in [4.78, 5) is 8.83. The van der Waals surface area contributed by atoms with E-state index < -0.39 is 0 Å². The van der Waals surface area contributed by atoms with Gasteiger partial charge in [-0.25, -0.2) is 9.97 Å². The van der Waals surface area contributed by atoms with Crippen molar-refractivity contribution in [3.8, 4) is 5.75 Å². The first-order valence-corrected chi connectivity index (χ1v) is 10.2. The largest absolute Gasteiger partial charge is 0.493 e. The molecule has 1 fully saturated rings. The molecule has 1 aromatic heterocycles. The summed E-state index contributed by atoms with van der Waals surface area (Å²) in [5.74, 6) is 2.35. The molecule has 0 radical (unpaired) electrons. The van der Waals surface area contributed by atoms with E-state index >= 15 is 0 Å². The summed E-state index contributed by atoms with van der Waals surface area (Å²) in [5.41, 5.74) is 2.09. The lowest BCUT2D eigenvalue weighted by Crippen LogP contribution is -2.30. The summed E-state index contributed by atoms with van der Waals surface area (Å²) in [5, 5.41) is 8.57. The highest BCUT2D eigenvalue weighted by Gasteiger charge is 2.14. The van der Waals surface area contributed by atoms with Crippen LogP contribution < -0.4 is 15.4 Å². The fourth-order valence-corrected chi connectivity index (χ4v) is 3.76. The Bertz CT molecular complexity index is 927. The number of rotatable bonds is 7. The standard InChI is InChI=1S/C22H25ClN4O/c23-18-3-1-2-16(12-18)8-11-25-22-20-5-4-19(13-21(20)26-15-27-22)28-14-17-6-9-24-10-7-17/h1-5,12-13,15,17,24H,6-11,14H2,(H,25,26,27). The van der Waals surface area contributed by atoms with Gasteiger partial charge in [-0.1, -0.05) is 23.7 Å². The number of hydrogen-bond acceptors (Lipinski definition) is 5. The minimum Gasteiger partial charge on any atom is -0.493 e. The van der Waals surface area contributed by atoms with Gasteiger partial charge in [0.15, 0.2) is 0 Å². The monoisotopic (exact) mass is 396 g/mol. The van der Waals surface area contributed by atoms with E-state index in [2.05, 4.69) is 26.7 Å². The van der Waals surface area contributed by atoms with Crippen molar-refractivity contribution in [1.29, 1.82) is 0 Å². The third-order valence-corrected chi connectivity index (χ3v) is 5.38. The molecule has 0 unspecified atom stereocenters. The van der Waals surface area contributed by atoms with Gasteiger partial charge in [-0.05, 0) is 68.1 Å². The van der Waals surface area contributed by atoms with Crippen LogP contribution in [-0.2, 0) is 6.42 Å². The van der Waals surface area contributed by atoms with Crippen LogP contribution in [0, 0.1) is 5.92 Å². The van der Waals surface area contributed by atoms with Crippen LogP contribution in [0.2, 0.25) is 5.02 Å². The Morgan fingerprint density at radius 2 is 2.00 bits per heavy atom. The van der Waals surface area contributed by atoms with Crippen LogP contribution in [0.25, 0.3) is 10.9 Å². The fraction of sp³-hybridized carbons (Fsp3) is 0.364. The maximum atomic E-state index is 6.05. The van der Waals surface area contributed by atoms with E-state index in [1.54, 1.807) is 6.33 Å². The third-order valence-electron chi connectivity index (χ3n) is 5.15. The zero-order chi connectivity index (χ0) is 19.2. The number of aromatic nitrogens is 2. The zero-order valence-corrected chi connectivity index (χ0v) is 16.6. The predicted molar refractivity (Wildman–Crippen MR) is 114 cm³/mol. The number of anilines is 1. The molecule has 146 valence electrons. The Morgan fingerprint density at radius 3 is 2.86 bits per heavy atom. The molecule has 3 aromatic rings. The summed E-state index contributed by atoms with van der Waals surface area (Å²) in [6, 6.07) is 14.0. The van der Waals surface area contributed by atoms with Gasteiger partial charge >= 0.3 is 0 Å². The summed E-state index contributed by atoms with van der Waals surface area (Å²) in [7, 11) is 0. The second kappa shape index (κ2) is 9.22. The quantitative estimate of drug-likeness (QED) is 0.623. The molecule has 1 aliphatic rings. The minimum atomic E-state index is 0.631. The van der Waals surface area contributed by atoms with Gasteiger partial charge in [-0.3, -0.25) is 0 Å². The number of piperidine rings is 1. The van der Waals surface area contributed by atoms with Crippen molar-refractivity contribution in [2.75, 3.05) is 31.6 Å². The summed E-state index contributed by atoms with van der Waals surface area (Å²) in [6.45, 7) is 3.72. The normalized spacial score (nSPS) is 14.9. The topological polar surface area (TPSA) is 59.1 Å². The SMILES string of the molecule is Clc1cccc(CCNc2ncnc3cc(OCC4CCNCC4)ccc23)c1. The van der Waals surface area contributed by atoms with Crippen LogP contribution in [0.5, 0.6) is 5.75 Å². The number of benzene rings is 2. The van der Waals surface area contributed by atoms with Crippen molar-refractivity contribution in [1.82, 2.24) is 15.3 Å². The van der Waals surface area contributed by atoms with Gasteiger partial charge < -0.3 is 15.4 Å². The molecule has 6 heteroatoms. The average molecular weight is 397 g/mol. The molecular formula is C22H25ClN4O. The molecule has 28 heavy (non-hydrogen) atoms. The molecule has 0 amide bonds. The Balaban J connectivity index is 1.38. The van der Waals surface area contributed by atoms with E-state index in [9.17, 15) is 0 Å². The number of hydrogen-bond donors (Lipinski definition) is 2. The molecule has 1 saturated heterocycles. The number of ether oxygens (including phenoxy) is 1. The lowest BCUT2D eigenvalue weighted by molar-refractivity contribution is 0.215. The first-order valence-electron chi connectivity index (χ1n) is 9.84. The van der Waals surface area contributed by atoms with Crippen molar-refractivity contribution in [2.24, 2.45) is 5.92 Å². The van der Waals surface area contributed by atoms with Crippen molar-refractivity contribution in [2.45, 2.75) is 19.3 Å². The minimum absolute atomic E-state index is 0.631. The van der Waals surface area contributed by atoms with Gasteiger partial charge in [0.05, 0.1) is 12.1 Å². The molecule has 0 bridgehead atoms. The second-order valence-electron chi connectivity index (χ2n) is 7.21. The van der Waals surface area contributed by atoms with E-state index in [1.165, 1.54) is 18.4 Å². The first kappa shape index (κ1) is 19.0. The molecule has 5 nitrogen and oxygen atoms in total. The van der Waals surface area contributed by atoms with Gasteiger partial charge in [0.1, 0.15) is 17.9 Å². The van der Waals surface area contributed by atoms with Gasteiger partial charge in [-0.15, -0.1) is 0 Å². The number of nitrogens with one attached hydrogen (secondary N) is 2. The van der Waals surface area contributed by atoms with E-state index in [0.717, 1.165) is 60.2 Å². The lowest BCUT2D eigenvalue weighted by atomic mass is 9.99. The van der Waals surface area contributed by atoms with Crippen molar-refractivity contribution in [3.63, 3.8) is 0 Å². The first-order chi connectivity index (χ1) is 13.8. The number of halogens is 1. The van der Waals surface area contributed by atoms with E-state index in [-0.39, 0.29) is 0 Å². The second-order valence-corrected chi connectivity index (χ2v) is 7.65. The van der Waals surface area contributed by atoms with Gasteiger partial charge in [0.25, 0.3) is 0 Å². The van der Waals surface area contributed by atoms with Crippen molar-refractivity contribution in [3.05, 3.63) is 59.4 Å². The summed E-state index contributed by atoms with van der Waals surface area (Å²) < 4.78 is 6.02. The molecule has 0 spiro atoms. The van der Waals surface area contributed by atoms with Crippen LogP contribution in [0.3, 0.4) is 0 Å². The molecule has 2 heterocycles. The fourth-order valence-electron chi connectivity index (χ4n) is 3.55. The Hall–Kier alpha value is -2.37. The van der Waals surface area contributed by atoms with Gasteiger partial charge in [0.2, 0.25) is 0 Å². The Labute approximate surface area is 170 Å². The molecule has 1 aliphatic heterocycles. The molecule has 0 saturated carbocycles. The van der Waals surface area contributed by atoms with Gasteiger partial charge in [0, 0.05) is 23.0 Å². The molecule has 2 aromatic carbocycles. The molecule has 4 rings (SSSR count). The predicted octanol–water partition coefficient (Wildman–Crippen LogP) is 4.32. The summed E-state index contributed by atoms with van der Waals surface area (Å²) >= 11 is 6.05. The highest BCUT2D eigenvalue weighted by atomic mass is 35.5.